The molecule has 2 nitrogen and oxygen atoms in total. The minimum Gasteiger partial charge on any atom is -0.261 e. The molecule has 0 spiro atoms. The van der Waals surface area contributed by atoms with E-state index in [9.17, 15) is 0 Å². The SMILES string of the molecule is C[C@]12CCc3ncccc3C1=CC[C@@H]1[C@@H]2CC[C@]2(C)/C(=C/c3ccccn3)CC[C@@H]12. The lowest BCUT2D eigenvalue weighted by Gasteiger charge is -2.57. The van der Waals surface area contributed by atoms with E-state index >= 15 is 0 Å². The molecule has 2 aromatic rings. The van der Waals surface area contributed by atoms with Gasteiger partial charge in [0.1, 0.15) is 0 Å². The first kappa shape index (κ1) is 18.5. The van der Waals surface area contributed by atoms with Gasteiger partial charge in [-0.15, -0.1) is 0 Å². The van der Waals surface area contributed by atoms with Gasteiger partial charge in [-0.05, 0) is 109 Å². The molecule has 2 heterocycles. The number of allylic oxidation sites excluding steroid dienone is 3. The van der Waals surface area contributed by atoms with E-state index in [1.807, 2.05) is 18.5 Å². The second-order valence-corrected chi connectivity index (χ2v) is 10.6. The molecule has 2 heteroatoms. The van der Waals surface area contributed by atoms with Crippen LogP contribution in [0.15, 0.2) is 54.4 Å². The molecular formula is C28H32N2. The van der Waals surface area contributed by atoms with E-state index in [0.717, 1.165) is 29.9 Å². The Kier molecular flexibility index (Phi) is 4.10. The summed E-state index contributed by atoms with van der Waals surface area (Å²) in [6.45, 7) is 5.14. The Bertz CT molecular complexity index is 1040. The summed E-state index contributed by atoms with van der Waals surface area (Å²) < 4.78 is 0. The Hall–Kier alpha value is -2.22. The first-order valence-electron chi connectivity index (χ1n) is 11.9. The van der Waals surface area contributed by atoms with E-state index in [0.29, 0.717) is 10.8 Å². The second kappa shape index (κ2) is 6.64. The normalized spacial score (nSPS) is 38.3. The number of fused-ring (bicyclic) bond motifs is 7. The quantitative estimate of drug-likeness (QED) is 0.533. The van der Waals surface area contributed by atoms with Gasteiger partial charge in [0, 0.05) is 18.1 Å². The third-order valence-corrected chi connectivity index (χ3v) is 9.38. The van der Waals surface area contributed by atoms with Crippen LogP contribution in [0.25, 0.3) is 11.6 Å². The highest BCUT2D eigenvalue weighted by atomic mass is 14.7. The molecule has 0 aliphatic heterocycles. The van der Waals surface area contributed by atoms with E-state index in [1.54, 1.807) is 11.1 Å². The fraction of sp³-hybridized carbons (Fsp3) is 0.500. The molecule has 0 unspecified atom stereocenters. The molecule has 30 heavy (non-hydrogen) atoms. The second-order valence-electron chi connectivity index (χ2n) is 10.6. The minimum absolute atomic E-state index is 0.327. The summed E-state index contributed by atoms with van der Waals surface area (Å²) in [6, 6.07) is 10.7. The van der Waals surface area contributed by atoms with Crippen LogP contribution in [0.3, 0.4) is 0 Å². The highest BCUT2D eigenvalue weighted by Gasteiger charge is 2.57. The molecule has 0 aromatic carbocycles. The Balaban J connectivity index is 1.36. The number of hydrogen-bond donors (Lipinski definition) is 0. The molecule has 0 amide bonds. The van der Waals surface area contributed by atoms with Crippen LogP contribution >= 0.6 is 0 Å². The number of aromatic nitrogens is 2. The summed E-state index contributed by atoms with van der Waals surface area (Å²) in [5.41, 5.74) is 7.85. The molecule has 5 atom stereocenters. The number of hydrogen-bond acceptors (Lipinski definition) is 2. The van der Waals surface area contributed by atoms with Gasteiger partial charge in [0.15, 0.2) is 0 Å². The van der Waals surface area contributed by atoms with Crippen LogP contribution in [0.4, 0.5) is 0 Å². The van der Waals surface area contributed by atoms with Gasteiger partial charge in [0.25, 0.3) is 0 Å². The zero-order valence-corrected chi connectivity index (χ0v) is 18.3. The molecule has 0 bridgehead atoms. The maximum absolute atomic E-state index is 4.71. The Morgan fingerprint density at radius 1 is 0.900 bits per heavy atom. The van der Waals surface area contributed by atoms with Crippen molar-refractivity contribution >= 4 is 11.6 Å². The van der Waals surface area contributed by atoms with E-state index < -0.39 is 0 Å². The predicted octanol–water partition coefficient (Wildman–Crippen LogP) is 6.74. The molecule has 0 N–H and O–H groups in total. The van der Waals surface area contributed by atoms with Crippen LogP contribution in [-0.4, -0.2) is 9.97 Å². The number of rotatable bonds is 1. The fourth-order valence-corrected chi connectivity index (χ4v) is 7.82. The molecule has 2 aromatic heterocycles. The van der Waals surface area contributed by atoms with Crippen molar-refractivity contribution in [1.82, 2.24) is 9.97 Å². The summed E-state index contributed by atoms with van der Waals surface area (Å²) in [4.78, 5) is 9.29. The molecule has 0 saturated heterocycles. The summed E-state index contributed by atoms with van der Waals surface area (Å²) in [7, 11) is 0. The lowest BCUT2D eigenvalue weighted by Crippen LogP contribution is -2.48. The van der Waals surface area contributed by atoms with Crippen molar-refractivity contribution in [2.75, 3.05) is 0 Å². The average molecular weight is 397 g/mol. The van der Waals surface area contributed by atoms with Crippen LogP contribution in [0.5, 0.6) is 0 Å². The van der Waals surface area contributed by atoms with Crippen molar-refractivity contribution in [2.24, 2.45) is 28.6 Å². The fourth-order valence-electron chi connectivity index (χ4n) is 7.82. The van der Waals surface area contributed by atoms with Crippen molar-refractivity contribution in [3.05, 3.63) is 71.3 Å². The molecule has 6 rings (SSSR count). The number of nitrogens with zero attached hydrogens (tertiary/aromatic N) is 2. The number of aryl methyl sites for hydroxylation is 1. The summed E-state index contributed by atoms with van der Waals surface area (Å²) in [6.07, 6.45) is 17.9. The van der Waals surface area contributed by atoms with Gasteiger partial charge in [0.05, 0.1) is 5.69 Å². The van der Waals surface area contributed by atoms with Crippen molar-refractivity contribution in [3.63, 3.8) is 0 Å². The van der Waals surface area contributed by atoms with Crippen molar-refractivity contribution < 1.29 is 0 Å². The van der Waals surface area contributed by atoms with E-state index in [4.69, 9.17) is 4.98 Å². The van der Waals surface area contributed by atoms with E-state index in [-0.39, 0.29) is 0 Å². The first-order chi connectivity index (χ1) is 14.6. The minimum atomic E-state index is 0.327. The van der Waals surface area contributed by atoms with E-state index in [1.165, 1.54) is 49.8 Å². The Labute approximate surface area is 180 Å². The van der Waals surface area contributed by atoms with Gasteiger partial charge < -0.3 is 0 Å². The average Bonchev–Trinajstić information content (AvgIpc) is 3.10. The van der Waals surface area contributed by atoms with Crippen molar-refractivity contribution in [1.29, 1.82) is 0 Å². The molecule has 2 saturated carbocycles. The van der Waals surface area contributed by atoms with Crippen molar-refractivity contribution in [3.8, 4) is 0 Å². The topological polar surface area (TPSA) is 25.8 Å². The van der Waals surface area contributed by atoms with Crippen LogP contribution < -0.4 is 0 Å². The van der Waals surface area contributed by atoms with Crippen LogP contribution in [-0.2, 0) is 6.42 Å². The summed E-state index contributed by atoms with van der Waals surface area (Å²) in [5.74, 6) is 2.46. The third kappa shape index (κ3) is 2.55. The molecule has 0 radical (unpaired) electrons. The van der Waals surface area contributed by atoms with Gasteiger partial charge >= 0.3 is 0 Å². The predicted molar refractivity (Wildman–Crippen MR) is 123 cm³/mol. The molecule has 4 aliphatic rings. The largest absolute Gasteiger partial charge is 0.261 e. The lowest BCUT2D eigenvalue weighted by molar-refractivity contribution is 0.00323. The molecule has 2 fully saturated rings. The highest BCUT2D eigenvalue weighted by molar-refractivity contribution is 5.74. The first-order valence-corrected chi connectivity index (χ1v) is 11.9. The molecule has 4 aliphatic carbocycles. The van der Waals surface area contributed by atoms with Gasteiger partial charge in [-0.2, -0.15) is 0 Å². The molecular weight excluding hydrogens is 364 g/mol. The molecule has 154 valence electrons. The van der Waals surface area contributed by atoms with Gasteiger partial charge in [0.2, 0.25) is 0 Å². The standard InChI is InChI=1S/C28H32N2/c1-27-14-12-25-21(23(27)10-8-19(27)18-20-6-3-4-16-29-20)9-11-24-22-7-5-17-30-26(22)13-15-28(24,25)2/h3-7,11,16-18,21,23,25H,8-10,12-15H2,1-2H3/b19-18+/t21-,23-,25-,27+,28-/m0/s1. The lowest BCUT2D eigenvalue weighted by atomic mass is 9.47. The highest BCUT2D eigenvalue weighted by Crippen LogP contribution is 2.67. The smallest absolute Gasteiger partial charge is 0.0629 e. The van der Waals surface area contributed by atoms with Crippen LogP contribution in [0, 0.1) is 28.6 Å². The number of pyridine rings is 2. The third-order valence-electron chi connectivity index (χ3n) is 9.38. The van der Waals surface area contributed by atoms with E-state index in [2.05, 4.69) is 55.2 Å². The monoisotopic (exact) mass is 396 g/mol. The van der Waals surface area contributed by atoms with Gasteiger partial charge in [-0.3, -0.25) is 9.97 Å². The van der Waals surface area contributed by atoms with Crippen LogP contribution in [0.2, 0.25) is 0 Å². The Morgan fingerprint density at radius 3 is 2.63 bits per heavy atom. The summed E-state index contributed by atoms with van der Waals surface area (Å²) in [5, 5.41) is 0. The van der Waals surface area contributed by atoms with Gasteiger partial charge in [-0.25, -0.2) is 0 Å². The summed E-state index contributed by atoms with van der Waals surface area (Å²) >= 11 is 0. The maximum Gasteiger partial charge on any atom is 0.0629 e. The zero-order chi connectivity index (χ0) is 20.3. The maximum atomic E-state index is 4.71. The zero-order valence-electron chi connectivity index (χ0n) is 18.3. The van der Waals surface area contributed by atoms with Gasteiger partial charge in [-0.1, -0.05) is 37.6 Å². The Morgan fingerprint density at radius 2 is 1.77 bits per heavy atom. The van der Waals surface area contributed by atoms with Crippen LogP contribution in [0.1, 0.15) is 69.3 Å². The van der Waals surface area contributed by atoms with Crippen molar-refractivity contribution in [2.45, 2.75) is 58.8 Å².